The van der Waals surface area contributed by atoms with Crippen molar-refractivity contribution >= 4 is 6.47 Å². The molecule has 0 aromatic rings. The normalized spacial score (nSPS) is 21.8. The highest BCUT2D eigenvalue weighted by Gasteiger charge is 2.22. The first-order valence-electron chi connectivity index (χ1n) is 4.97. The third-order valence-electron chi connectivity index (χ3n) is 2.81. The lowest BCUT2D eigenvalue weighted by Gasteiger charge is -2.27. The number of hydrogen-bond donors (Lipinski definition) is 0. The summed E-state index contributed by atoms with van der Waals surface area (Å²) in [5, 5.41) is 0. The fraction of sp³-hybridized carbons (Fsp3) is 0.900. The Morgan fingerprint density at radius 3 is 2.58 bits per heavy atom. The second kappa shape index (κ2) is 5.18. The van der Waals surface area contributed by atoms with Gasteiger partial charge in [-0.3, -0.25) is 4.79 Å². The predicted octanol–water partition coefficient (Wildman–Crippen LogP) is 2.52. The highest BCUT2D eigenvalue weighted by atomic mass is 16.5. The average Bonchev–Trinajstić information content (AvgIpc) is 2.15. The second-order valence-electron chi connectivity index (χ2n) is 3.58. The zero-order valence-corrected chi connectivity index (χ0v) is 7.79. The Hall–Kier alpha value is -0.530. The van der Waals surface area contributed by atoms with Gasteiger partial charge in [-0.2, -0.15) is 0 Å². The Labute approximate surface area is 74.3 Å². The molecule has 1 rings (SSSR count). The van der Waals surface area contributed by atoms with Gasteiger partial charge in [-0.25, -0.2) is 0 Å². The third kappa shape index (κ3) is 2.50. The van der Waals surface area contributed by atoms with Crippen LogP contribution in [0.4, 0.5) is 0 Å². The van der Waals surface area contributed by atoms with Crippen LogP contribution in [0, 0.1) is 5.92 Å². The standard InChI is InChI=1S/C10H18O2/c1-2-10(12-8-11)9-6-4-3-5-7-9/h8-10H,2-7H2,1H3. The van der Waals surface area contributed by atoms with Crippen molar-refractivity contribution in [2.45, 2.75) is 51.6 Å². The van der Waals surface area contributed by atoms with Crippen LogP contribution in [0.25, 0.3) is 0 Å². The molecule has 1 saturated carbocycles. The van der Waals surface area contributed by atoms with E-state index in [1.54, 1.807) is 0 Å². The van der Waals surface area contributed by atoms with E-state index >= 15 is 0 Å². The van der Waals surface area contributed by atoms with E-state index in [-0.39, 0.29) is 6.10 Å². The molecule has 1 fully saturated rings. The lowest BCUT2D eigenvalue weighted by Crippen LogP contribution is -2.24. The van der Waals surface area contributed by atoms with Crippen LogP contribution in [-0.4, -0.2) is 12.6 Å². The SMILES string of the molecule is CCC(OC=O)C1CCCCC1. The second-order valence-corrected chi connectivity index (χ2v) is 3.58. The zero-order valence-electron chi connectivity index (χ0n) is 7.79. The highest BCUT2D eigenvalue weighted by Crippen LogP contribution is 2.28. The monoisotopic (exact) mass is 170 g/mol. The maximum atomic E-state index is 10.2. The van der Waals surface area contributed by atoms with Crippen LogP contribution in [0.3, 0.4) is 0 Å². The molecule has 0 aliphatic heterocycles. The summed E-state index contributed by atoms with van der Waals surface area (Å²) in [6, 6.07) is 0. The molecule has 1 unspecified atom stereocenters. The van der Waals surface area contributed by atoms with Crippen molar-refractivity contribution < 1.29 is 9.53 Å². The van der Waals surface area contributed by atoms with Gasteiger partial charge in [0, 0.05) is 0 Å². The summed E-state index contributed by atoms with van der Waals surface area (Å²) < 4.78 is 5.05. The minimum Gasteiger partial charge on any atom is -0.464 e. The predicted molar refractivity (Wildman–Crippen MR) is 47.8 cm³/mol. The molecule has 0 radical (unpaired) electrons. The molecule has 0 amide bonds. The number of carbonyl (C=O) groups excluding carboxylic acids is 1. The van der Waals surface area contributed by atoms with Gasteiger partial charge in [0.25, 0.3) is 6.47 Å². The molecule has 1 atom stereocenters. The summed E-state index contributed by atoms with van der Waals surface area (Å²) in [4.78, 5) is 10.2. The Balaban J connectivity index is 2.34. The Morgan fingerprint density at radius 2 is 2.08 bits per heavy atom. The number of rotatable bonds is 4. The van der Waals surface area contributed by atoms with E-state index in [1.807, 2.05) is 0 Å². The molecule has 1 aliphatic carbocycles. The molecule has 1 aliphatic rings. The Morgan fingerprint density at radius 1 is 1.42 bits per heavy atom. The quantitative estimate of drug-likeness (QED) is 0.606. The van der Waals surface area contributed by atoms with Gasteiger partial charge in [0.05, 0.1) is 0 Å². The minimum absolute atomic E-state index is 0.183. The molecule has 2 nitrogen and oxygen atoms in total. The Kier molecular flexibility index (Phi) is 4.12. The van der Waals surface area contributed by atoms with Gasteiger partial charge < -0.3 is 4.74 Å². The van der Waals surface area contributed by atoms with E-state index in [4.69, 9.17) is 4.74 Å². The van der Waals surface area contributed by atoms with E-state index in [0.717, 1.165) is 6.42 Å². The van der Waals surface area contributed by atoms with E-state index < -0.39 is 0 Å². The minimum atomic E-state index is 0.183. The van der Waals surface area contributed by atoms with Gasteiger partial charge in [0.2, 0.25) is 0 Å². The van der Waals surface area contributed by atoms with Crippen LogP contribution < -0.4 is 0 Å². The molecule has 0 N–H and O–H groups in total. The van der Waals surface area contributed by atoms with Gasteiger partial charge in [0.1, 0.15) is 6.10 Å². The summed E-state index contributed by atoms with van der Waals surface area (Å²) in [5.74, 6) is 0.633. The third-order valence-corrected chi connectivity index (χ3v) is 2.81. The van der Waals surface area contributed by atoms with Crippen LogP contribution >= 0.6 is 0 Å². The van der Waals surface area contributed by atoms with Gasteiger partial charge in [-0.15, -0.1) is 0 Å². The van der Waals surface area contributed by atoms with Crippen molar-refractivity contribution in [1.82, 2.24) is 0 Å². The smallest absolute Gasteiger partial charge is 0.293 e. The van der Waals surface area contributed by atoms with Crippen LogP contribution in [0.1, 0.15) is 45.4 Å². The van der Waals surface area contributed by atoms with Crippen LogP contribution in [-0.2, 0) is 9.53 Å². The maximum Gasteiger partial charge on any atom is 0.293 e. The van der Waals surface area contributed by atoms with Crippen molar-refractivity contribution in [2.24, 2.45) is 5.92 Å². The number of carbonyl (C=O) groups is 1. The van der Waals surface area contributed by atoms with E-state index in [9.17, 15) is 4.79 Å². The summed E-state index contributed by atoms with van der Waals surface area (Å²) in [6.45, 7) is 2.69. The van der Waals surface area contributed by atoms with Crippen molar-refractivity contribution in [2.75, 3.05) is 0 Å². The van der Waals surface area contributed by atoms with Crippen LogP contribution in [0.15, 0.2) is 0 Å². The summed E-state index contributed by atoms with van der Waals surface area (Å²) in [5.41, 5.74) is 0. The summed E-state index contributed by atoms with van der Waals surface area (Å²) >= 11 is 0. The van der Waals surface area contributed by atoms with Gasteiger partial charge in [0.15, 0.2) is 0 Å². The van der Waals surface area contributed by atoms with E-state index in [0.29, 0.717) is 12.4 Å². The first-order chi connectivity index (χ1) is 5.88. The van der Waals surface area contributed by atoms with Crippen molar-refractivity contribution in [3.63, 3.8) is 0 Å². The number of ether oxygens (including phenoxy) is 1. The molecule has 12 heavy (non-hydrogen) atoms. The maximum absolute atomic E-state index is 10.2. The molecule has 0 heterocycles. The van der Waals surface area contributed by atoms with Crippen LogP contribution in [0.2, 0.25) is 0 Å². The molecular weight excluding hydrogens is 152 g/mol. The number of hydrogen-bond acceptors (Lipinski definition) is 2. The first kappa shape index (κ1) is 9.56. The lowest BCUT2D eigenvalue weighted by atomic mass is 9.84. The zero-order chi connectivity index (χ0) is 8.81. The van der Waals surface area contributed by atoms with Gasteiger partial charge >= 0.3 is 0 Å². The topological polar surface area (TPSA) is 26.3 Å². The molecule has 70 valence electrons. The fourth-order valence-electron chi connectivity index (χ4n) is 2.12. The average molecular weight is 170 g/mol. The molecule has 2 heteroatoms. The van der Waals surface area contributed by atoms with Crippen LogP contribution in [0.5, 0.6) is 0 Å². The lowest BCUT2D eigenvalue weighted by molar-refractivity contribution is -0.137. The van der Waals surface area contributed by atoms with Crippen molar-refractivity contribution in [3.8, 4) is 0 Å². The van der Waals surface area contributed by atoms with Crippen molar-refractivity contribution in [1.29, 1.82) is 0 Å². The van der Waals surface area contributed by atoms with E-state index in [2.05, 4.69) is 6.92 Å². The Bertz CT molecular complexity index is 128. The first-order valence-corrected chi connectivity index (χ1v) is 4.97. The highest BCUT2D eigenvalue weighted by molar-refractivity contribution is 5.37. The van der Waals surface area contributed by atoms with Gasteiger partial charge in [-0.05, 0) is 25.2 Å². The summed E-state index contributed by atoms with van der Waals surface area (Å²) in [6.07, 6.45) is 7.60. The summed E-state index contributed by atoms with van der Waals surface area (Å²) in [7, 11) is 0. The molecule has 0 aromatic carbocycles. The fourth-order valence-corrected chi connectivity index (χ4v) is 2.12. The largest absolute Gasteiger partial charge is 0.464 e. The van der Waals surface area contributed by atoms with Gasteiger partial charge in [-0.1, -0.05) is 26.2 Å². The molecule has 0 aromatic heterocycles. The molecular formula is C10H18O2. The van der Waals surface area contributed by atoms with E-state index in [1.165, 1.54) is 32.1 Å². The molecule has 0 bridgehead atoms. The molecule has 0 spiro atoms. The molecule has 0 saturated heterocycles. The van der Waals surface area contributed by atoms with Crippen molar-refractivity contribution in [3.05, 3.63) is 0 Å².